The van der Waals surface area contributed by atoms with Crippen LogP contribution in [0, 0.1) is 0 Å². The Balaban J connectivity index is 1.81. The van der Waals surface area contributed by atoms with Gasteiger partial charge in [0.05, 0.1) is 11.6 Å². The van der Waals surface area contributed by atoms with Crippen molar-refractivity contribution >= 4 is 11.9 Å². The van der Waals surface area contributed by atoms with Gasteiger partial charge < -0.3 is 10.1 Å². The molecule has 1 N–H and O–H groups in total. The van der Waals surface area contributed by atoms with Gasteiger partial charge in [-0.15, -0.1) is 0 Å². The summed E-state index contributed by atoms with van der Waals surface area (Å²) in [5.74, 6) is -0.446. The molecule has 116 valence electrons. The molecule has 2 aromatic rings. The van der Waals surface area contributed by atoms with Crippen LogP contribution >= 0.6 is 0 Å². The van der Waals surface area contributed by atoms with E-state index in [1.807, 2.05) is 43.3 Å². The third-order valence-electron chi connectivity index (χ3n) is 3.97. The van der Waals surface area contributed by atoms with E-state index in [9.17, 15) is 9.59 Å². The first-order valence-corrected chi connectivity index (χ1v) is 7.42. The number of carbonyl (C=O) groups excluding carboxylic acids is 2. The first-order valence-electron chi connectivity index (χ1n) is 7.42. The lowest BCUT2D eigenvalue weighted by atomic mass is 9.98. The largest absolute Gasteiger partial charge is 0.457 e. The van der Waals surface area contributed by atoms with Gasteiger partial charge in [-0.05, 0) is 41.8 Å². The number of benzene rings is 2. The Kier molecular flexibility index (Phi) is 3.98. The van der Waals surface area contributed by atoms with Crippen LogP contribution in [0.3, 0.4) is 0 Å². The van der Waals surface area contributed by atoms with Gasteiger partial charge in [0.1, 0.15) is 6.61 Å². The molecule has 0 aliphatic carbocycles. The van der Waals surface area contributed by atoms with E-state index in [-0.39, 0.29) is 17.9 Å². The Morgan fingerprint density at radius 2 is 1.91 bits per heavy atom. The summed E-state index contributed by atoms with van der Waals surface area (Å²) in [5, 5.41) is 2.83. The number of amides is 1. The van der Waals surface area contributed by atoms with Crippen LogP contribution in [-0.4, -0.2) is 11.9 Å². The highest BCUT2D eigenvalue weighted by Gasteiger charge is 2.21. The third-order valence-corrected chi connectivity index (χ3v) is 3.97. The molecule has 4 heteroatoms. The number of cyclic esters (lactones) is 1. The predicted octanol–water partition coefficient (Wildman–Crippen LogP) is 3.39. The highest BCUT2D eigenvalue weighted by atomic mass is 16.5. The van der Waals surface area contributed by atoms with Crippen LogP contribution in [0.2, 0.25) is 0 Å². The topological polar surface area (TPSA) is 55.4 Å². The van der Waals surface area contributed by atoms with Crippen molar-refractivity contribution in [2.24, 2.45) is 0 Å². The SMILES string of the molecule is C=CC(=O)N[C@H](C)c1ccc(-c2ccc3c(c2)COC3=O)cc1. The van der Waals surface area contributed by atoms with E-state index in [0.717, 1.165) is 22.3 Å². The molecule has 1 aliphatic rings. The zero-order valence-electron chi connectivity index (χ0n) is 12.8. The molecule has 1 amide bonds. The highest BCUT2D eigenvalue weighted by molar-refractivity contribution is 5.94. The van der Waals surface area contributed by atoms with E-state index < -0.39 is 0 Å². The molecule has 0 unspecified atom stereocenters. The maximum absolute atomic E-state index is 11.5. The molecule has 3 rings (SSSR count). The molecule has 0 aromatic heterocycles. The molecule has 0 saturated heterocycles. The first-order chi connectivity index (χ1) is 11.1. The summed E-state index contributed by atoms with van der Waals surface area (Å²) in [4.78, 5) is 22.8. The lowest BCUT2D eigenvalue weighted by molar-refractivity contribution is -0.117. The minimum absolute atomic E-state index is 0.0828. The Labute approximate surface area is 134 Å². The predicted molar refractivity (Wildman–Crippen MR) is 87.8 cm³/mol. The van der Waals surface area contributed by atoms with E-state index in [4.69, 9.17) is 4.74 Å². The second-order valence-electron chi connectivity index (χ2n) is 5.50. The van der Waals surface area contributed by atoms with Crippen LogP contribution in [0.15, 0.2) is 55.1 Å². The fraction of sp³-hybridized carbons (Fsp3) is 0.158. The molecule has 0 bridgehead atoms. The fourth-order valence-electron chi connectivity index (χ4n) is 2.63. The van der Waals surface area contributed by atoms with Crippen molar-refractivity contribution in [2.75, 3.05) is 0 Å². The number of esters is 1. The third kappa shape index (κ3) is 3.01. The van der Waals surface area contributed by atoms with Crippen molar-refractivity contribution in [3.05, 3.63) is 71.8 Å². The molecule has 1 heterocycles. The van der Waals surface area contributed by atoms with Gasteiger partial charge in [0.15, 0.2) is 0 Å². The number of carbonyl (C=O) groups is 2. The molecular formula is C19H17NO3. The number of fused-ring (bicyclic) bond motifs is 1. The number of rotatable bonds is 4. The summed E-state index contributed by atoms with van der Waals surface area (Å²) in [6, 6.07) is 13.6. The quantitative estimate of drug-likeness (QED) is 0.696. The summed E-state index contributed by atoms with van der Waals surface area (Å²) in [7, 11) is 0. The monoisotopic (exact) mass is 307 g/mol. The lowest BCUT2D eigenvalue weighted by Crippen LogP contribution is -2.24. The molecule has 2 aromatic carbocycles. The summed E-state index contributed by atoms with van der Waals surface area (Å²) in [5.41, 5.74) is 4.67. The molecule has 0 fully saturated rings. The Bertz CT molecular complexity index is 778. The average molecular weight is 307 g/mol. The van der Waals surface area contributed by atoms with Crippen molar-refractivity contribution in [2.45, 2.75) is 19.6 Å². The Morgan fingerprint density at radius 3 is 2.61 bits per heavy atom. The summed E-state index contributed by atoms with van der Waals surface area (Å²) in [6.07, 6.45) is 1.26. The van der Waals surface area contributed by atoms with Crippen LogP contribution in [0.25, 0.3) is 11.1 Å². The van der Waals surface area contributed by atoms with Gasteiger partial charge in [0.25, 0.3) is 0 Å². The smallest absolute Gasteiger partial charge is 0.338 e. The highest BCUT2D eigenvalue weighted by Crippen LogP contribution is 2.27. The van der Waals surface area contributed by atoms with Crippen LogP contribution in [0.1, 0.15) is 34.5 Å². The molecule has 0 spiro atoms. The van der Waals surface area contributed by atoms with E-state index in [0.29, 0.717) is 12.2 Å². The number of ether oxygens (including phenoxy) is 1. The van der Waals surface area contributed by atoms with Crippen molar-refractivity contribution in [3.8, 4) is 11.1 Å². The van der Waals surface area contributed by atoms with Gasteiger partial charge in [-0.1, -0.05) is 36.9 Å². The minimum atomic E-state index is -0.256. The number of hydrogen-bond donors (Lipinski definition) is 1. The van der Waals surface area contributed by atoms with E-state index in [1.54, 1.807) is 6.07 Å². The van der Waals surface area contributed by atoms with Crippen LogP contribution < -0.4 is 5.32 Å². The lowest BCUT2D eigenvalue weighted by Gasteiger charge is -2.13. The molecule has 1 atom stereocenters. The van der Waals surface area contributed by atoms with Gasteiger partial charge in [-0.2, -0.15) is 0 Å². The zero-order valence-corrected chi connectivity index (χ0v) is 12.8. The molecule has 4 nitrogen and oxygen atoms in total. The number of hydrogen-bond acceptors (Lipinski definition) is 3. The van der Waals surface area contributed by atoms with Crippen LogP contribution in [0.5, 0.6) is 0 Å². The van der Waals surface area contributed by atoms with Crippen molar-refractivity contribution in [1.82, 2.24) is 5.32 Å². The summed E-state index contributed by atoms with van der Waals surface area (Å²) < 4.78 is 5.03. The molecule has 23 heavy (non-hydrogen) atoms. The van der Waals surface area contributed by atoms with Gasteiger partial charge in [-0.25, -0.2) is 4.79 Å². The van der Waals surface area contributed by atoms with Crippen molar-refractivity contribution in [1.29, 1.82) is 0 Å². The number of nitrogens with one attached hydrogen (secondary N) is 1. The zero-order chi connectivity index (χ0) is 16.4. The average Bonchev–Trinajstić information content (AvgIpc) is 2.95. The van der Waals surface area contributed by atoms with Gasteiger partial charge >= 0.3 is 5.97 Å². The molecule has 0 saturated carbocycles. The Morgan fingerprint density at radius 1 is 1.22 bits per heavy atom. The minimum Gasteiger partial charge on any atom is -0.457 e. The molecule has 0 radical (unpaired) electrons. The first kappa shape index (κ1) is 15.0. The summed E-state index contributed by atoms with van der Waals surface area (Å²) >= 11 is 0. The molecular weight excluding hydrogens is 290 g/mol. The van der Waals surface area contributed by atoms with Crippen molar-refractivity contribution in [3.63, 3.8) is 0 Å². The Hall–Kier alpha value is -2.88. The fourth-order valence-corrected chi connectivity index (χ4v) is 2.63. The standard InChI is InChI=1S/C19H17NO3/c1-3-18(21)20-12(2)13-4-6-14(7-5-13)15-8-9-17-16(10-15)11-23-19(17)22/h3-10,12H,1,11H2,2H3,(H,20,21)/t12-/m1/s1. The summed E-state index contributed by atoms with van der Waals surface area (Å²) in [6.45, 7) is 5.71. The van der Waals surface area contributed by atoms with Gasteiger partial charge in [0, 0.05) is 5.56 Å². The second-order valence-corrected chi connectivity index (χ2v) is 5.50. The van der Waals surface area contributed by atoms with Crippen LogP contribution in [-0.2, 0) is 16.1 Å². The van der Waals surface area contributed by atoms with E-state index >= 15 is 0 Å². The van der Waals surface area contributed by atoms with Crippen LogP contribution in [0.4, 0.5) is 0 Å². The van der Waals surface area contributed by atoms with Gasteiger partial charge in [-0.3, -0.25) is 4.79 Å². The maximum atomic E-state index is 11.5. The van der Waals surface area contributed by atoms with E-state index in [1.165, 1.54) is 6.08 Å². The van der Waals surface area contributed by atoms with Gasteiger partial charge in [0.2, 0.25) is 5.91 Å². The van der Waals surface area contributed by atoms with E-state index in [2.05, 4.69) is 11.9 Å². The maximum Gasteiger partial charge on any atom is 0.338 e. The second kappa shape index (κ2) is 6.08. The normalized spacial score (nSPS) is 13.9. The van der Waals surface area contributed by atoms with Crippen molar-refractivity contribution < 1.29 is 14.3 Å². The molecule has 1 aliphatic heterocycles.